The van der Waals surface area contributed by atoms with Gasteiger partial charge in [0, 0.05) is 37.6 Å². The Morgan fingerprint density at radius 3 is 3.00 bits per heavy atom. The van der Waals surface area contributed by atoms with Gasteiger partial charge in [-0.15, -0.1) is 0 Å². The van der Waals surface area contributed by atoms with Crippen molar-refractivity contribution in [3.63, 3.8) is 0 Å². The molecular formula is C17H26N2O3. The Bertz CT molecular complexity index is 564. The fourth-order valence-corrected chi connectivity index (χ4v) is 4.05. The van der Waals surface area contributed by atoms with Gasteiger partial charge in [-0.2, -0.15) is 5.10 Å². The molecule has 0 bridgehead atoms. The number of ether oxygens (including phenoxy) is 2. The van der Waals surface area contributed by atoms with Crippen molar-refractivity contribution in [2.45, 2.75) is 58.7 Å². The summed E-state index contributed by atoms with van der Waals surface area (Å²) in [5, 5.41) is 4.30. The highest BCUT2D eigenvalue weighted by atomic mass is 16.6. The summed E-state index contributed by atoms with van der Waals surface area (Å²) in [5.41, 5.74) is 2.04. The highest BCUT2D eigenvalue weighted by Crippen LogP contribution is 2.53. The van der Waals surface area contributed by atoms with Crippen molar-refractivity contribution < 1.29 is 14.3 Å². The average Bonchev–Trinajstić information content (AvgIpc) is 2.80. The molecule has 1 saturated heterocycles. The molecule has 0 N–H and O–H groups in total. The molecule has 1 aromatic heterocycles. The second kappa shape index (κ2) is 5.69. The van der Waals surface area contributed by atoms with Crippen LogP contribution in [0, 0.1) is 18.3 Å². The van der Waals surface area contributed by atoms with Crippen LogP contribution in [0.3, 0.4) is 0 Å². The molecule has 3 atom stereocenters. The maximum absolute atomic E-state index is 12.2. The monoisotopic (exact) mass is 306 g/mol. The summed E-state index contributed by atoms with van der Waals surface area (Å²) in [6.45, 7) is 7.09. The summed E-state index contributed by atoms with van der Waals surface area (Å²) >= 11 is 0. The van der Waals surface area contributed by atoms with Gasteiger partial charge in [0.05, 0.1) is 11.8 Å². The van der Waals surface area contributed by atoms with Crippen LogP contribution in [0.1, 0.15) is 44.4 Å². The summed E-state index contributed by atoms with van der Waals surface area (Å²) in [7, 11) is 1.90. The first kappa shape index (κ1) is 15.5. The van der Waals surface area contributed by atoms with Gasteiger partial charge >= 0.3 is 5.97 Å². The topological polar surface area (TPSA) is 53.4 Å². The fraction of sp³-hybridized carbons (Fsp3) is 0.765. The van der Waals surface area contributed by atoms with Gasteiger partial charge in [0.25, 0.3) is 0 Å². The molecule has 5 nitrogen and oxygen atoms in total. The van der Waals surface area contributed by atoms with E-state index in [0.717, 1.165) is 30.7 Å². The number of rotatable bonds is 4. The second-order valence-electron chi connectivity index (χ2n) is 7.24. The summed E-state index contributed by atoms with van der Waals surface area (Å²) in [6, 6.07) is 0. The molecule has 122 valence electrons. The van der Waals surface area contributed by atoms with Gasteiger partial charge in [0.2, 0.25) is 0 Å². The Morgan fingerprint density at radius 1 is 1.55 bits per heavy atom. The van der Waals surface area contributed by atoms with Crippen molar-refractivity contribution in [2.75, 3.05) is 6.61 Å². The van der Waals surface area contributed by atoms with Crippen LogP contribution in [0.2, 0.25) is 0 Å². The number of hydrogen-bond donors (Lipinski definition) is 0. The molecule has 0 amide bonds. The molecule has 22 heavy (non-hydrogen) atoms. The third-order valence-corrected chi connectivity index (χ3v) is 5.20. The molecule has 2 aliphatic rings. The van der Waals surface area contributed by atoms with Gasteiger partial charge in [0.1, 0.15) is 6.10 Å². The van der Waals surface area contributed by atoms with Crippen molar-refractivity contribution in [2.24, 2.45) is 18.4 Å². The number of aryl methyl sites for hydroxylation is 3. The van der Waals surface area contributed by atoms with E-state index in [-0.39, 0.29) is 23.6 Å². The van der Waals surface area contributed by atoms with E-state index in [2.05, 4.69) is 18.9 Å². The number of carbonyl (C=O) groups is 1. The standard InChI is InChI=1S/C17H26N2O3/c1-11-12(10-19(4)18-11)7-8-14(20)22-16-13-6-5-9-21-15(13)17(16,2)3/h10,13,15-16H,5-9H2,1-4H3/t13-,15+,16+/m0/s1. The number of aromatic nitrogens is 2. The van der Waals surface area contributed by atoms with Crippen LogP contribution >= 0.6 is 0 Å². The molecule has 0 radical (unpaired) electrons. The minimum atomic E-state index is -0.106. The van der Waals surface area contributed by atoms with Gasteiger partial charge < -0.3 is 9.47 Å². The molecule has 1 aliphatic heterocycles. The van der Waals surface area contributed by atoms with Gasteiger partial charge in [-0.1, -0.05) is 13.8 Å². The van der Waals surface area contributed by atoms with Crippen LogP contribution in [-0.2, 0) is 27.7 Å². The van der Waals surface area contributed by atoms with E-state index in [0.29, 0.717) is 18.8 Å². The van der Waals surface area contributed by atoms with Crippen molar-refractivity contribution >= 4 is 5.97 Å². The Balaban J connectivity index is 1.54. The molecule has 0 spiro atoms. The Hall–Kier alpha value is -1.36. The lowest BCUT2D eigenvalue weighted by Gasteiger charge is -2.58. The Kier molecular flexibility index (Phi) is 4.02. The summed E-state index contributed by atoms with van der Waals surface area (Å²) in [6.07, 6.45) is 5.50. The number of fused-ring (bicyclic) bond motifs is 1. The van der Waals surface area contributed by atoms with Crippen LogP contribution in [0.5, 0.6) is 0 Å². The number of nitrogens with zero attached hydrogens (tertiary/aromatic N) is 2. The highest BCUT2D eigenvalue weighted by molar-refractivity contribution is 5.70. The lowest BCUT2D eigenvalue weighted by atomic mass is 9.57. The third kappa shape index (κ3) is 2.67. The van der Waals surface area contributed by atoms with Gasteiger partial charge in [-0.25, -0.2) is 0 Å². The van der Waals surface area contributed by atoms with Crippen molar-refractivity contribution in [3.05, 3.63) is 17.5 Å². The molecule has 2 fully saturated rings. The maximum atomic E-state index is 12.2. The van der Waals surface area contributed by atoms with E-state index in [1.165, 1.54) is 0 Å². The first-order chi connectivity index (χ1) is 10.4. The van der Waals surface area contributed by atoms with Crippen LogP contribution in [0.4, 0.5) is 0 Å². The normalized spacial score (nSPS) is 29.5. The van der Waals surface area contributed by atoms with Crippen molar-refractivity contribution in [1.82, 2.24) is 9.78 Å². The SMILES string of the molecule is Cc1nn(C)cc1CCC(=O)O[C@@H]1[C@H]2CCCO[C@H]2C1(C)C. The van der Waals surface area contributed by atoms with Crippen molar-refractivity contribution in [1.29, 1.82) is 0 Å². The number of esters is 1. The smallest absolute Gasteiger partial charge is 0.306 e. The predicted octanol–water partition coefficient (Wildman–Crippen LogP) is 2.41. The first-order valence-electron chi connectivity index (χ1n) is 8.20. The van der Waals surface area contributed by atoms with E-state index < -0.39 is 0 Å². The molecule has 0 aromatic carbocycles. The van der Waals surface area contributed by atoms with Gasteiger partial charge in [-0.3, -0.25) is 9.48 Å². The molecule has 1 saturated carbocycles. The van der Waals surface area contributed by atoms with Crippen LogP contribution < -0.4 is 0 Å². The highest BCUT2D eigenvalue weighted by Gasteiger charge is 2.60. The molecule has 2 heterocycles. The zero-order valence-electron chi connectivity index (χ0n) is 14.0. The molecule has 5 heteroatoms. The molecule has 1 aromatic rings. The lowest BCUT2D eigenvalue weighted by molar-refractivity contribution is -0.254. The second-order valence-corrected chi connectivity index (χ2v) is 7.24. The van der Waals surface area contributed by atoms with E-state index in [1.54, 1.807) is 4.68 Å². The molecular weight excluding hydrogens is 280 g/mol. The Labute approximate surface area is 132 Å². The average molecular weight is 306 g/mol. The fourth-order valence-electron chi connectivity index (χ4n) is 4.05. The quantitative estimate of drug-likeness (QED) is 0.802. The van der Waals surface area contributed by atoms with E-state index in [1.807, 2.05) is 20.2 Å². The molecule has 0 unspecified atom stereocenters. The number of hydrogen-bond acceptors (Lipinski definition) is 4. The minimum absolute atomic E-state index is 0.000273. The van der Waals surface area contributed by atoms with Crippen LogP contribution in [-0.4, -0.2) is 34.6 Å². The Morgan fingerprint density at radius 2 is 2.32 bits per heavy atom. The number of carbonyl (C=O) groups excluding carboxylic acids is 1. The summed E-state index contributed by atoms with van der Waals surface area (Å²) in [5.74, 6) is 0.276. The minimum Gasteiger partial charge on any atom is -0.461 e. The maximum Gasteiger partial charge on any atom is 0.306 e. The first-order valence-corrected chi connectivity index (χ1v) is 8.20. The lowest BCUT2D eigenvalue weighted by Crippen LogP contribution is -2.65. The van der Waals surface area contributed by atoms with E-state index >= 15 is 0 Å². The van der Waals surface area contributed by atoms with Gasteiger partial charge in [0.15, 0.2) is 0 Å². The van der Waals surface area contributed by atoms with Crippen LogP contribution in [0.15, 0.2) is 6.20 Å². The summed E-state index contributed by atoms with van der Waals surface area (Å²) < 4.78 is 13.4. The van der Waals surface area contributed by atoms with E-state index in [9.17, 15) is 4.79 Å². The predicted molar refractivity (Wildman–Crippen MR) is 82.4 cm³/mol. The molecule has 1 aliphatic carbocycles. The van der Waals surface area contributed by atoms with Crippen LogP contribution in [0.25, 0.3) is 0 Å². The van der Waals surface area contributed by atoms with Crippen molar-refractivity contribution in [3.8, 4) is 0 Å². The zero-order valence-corrected chi connectivity index (χ0v) is 14.0. The van der Waals surface area contributed by atoms with Gasteiger partial charge in [-0.05, 0) is 31.7 Å². The van der Waals surface area contributed by atoms with E-state index in [4.69, 9.17) is 9.47 Å². The molecule has 3 rings (SSSR count). The zero-order chi connectivity index (χ0) is 15.9. The third-order valence-electron chi connectivity index (χ3n) is 5.20. The largest absolute Gasteiger partial charge is 0.461 e. The summed E-state index contributed by atoms with van der Waals surface area (Å²) in [4.78, 5) is 12.2.